The molecule has 304 valence electrons. The summed E-state index contributed by atoms with van der Waals surface area (Å²) in [5, 5.41) is 40.4. The minimum Gasteiger partial charge on any atom is -0.462 e. The third kappa shape index (κ3) is 26.9. The van der Waals surface area contributed by atoms with Crippen LogP contribution in [-0.4, -0.2) is 76.3 Å². The van der Waals surface area contributed by atoms with Gasteiger partial charge in [-0.3, -0.25) is 9.59 Å². The number of ether oxygens (including phenoxy) is 3. The summed E-state index contributed by atoms with van der Waals surface area (Å²) in [5.41, 5.74) is 0. The van der Waals surface area contributed by atoms with E-state index in [0.717, 1.165) is 38.5 Å². The first kappa shape index (κ1) is 48.2. The fraction of sp³-hybridized carbons (Fsp3) is 0.860. The molecule has 0 amide bonds. The number of hydrogen-bond acceptors (Lipinski definition) is 9. The van der Waals surface area contributed by atoms with Gasteiger partial charge in [-0.05, 0) is 32.1 Å². The molecule has 52 heavy (non-hydrogen) atoms. The molecule has 1 heterocycles. The molecule has 4 N–H and O–H groups in total. The van der Waals surface area contributed by atoms with Gasteiger partial charge in [-0.25, -0.2) is 0 Å². The fourth-order valence-electron chi connectivity index (χ4n) is 6.71. The van der Waals surface area contributed by atoms with Crippen LogP contribution >= 0.6 is 0 Å². The third-order valence-corrected chi connectivity index (χ3v) is 10.0. The van der Waals surface area contributed by atoms with Crippen molar-refractivity contribution in [2.45, 2.75) is 218 Å². The molecule has 1 aliphatic rings. The topological polar surface area (TPSA) is 143 Å². The molecule has 0 aromatic heterocycles. The van der Waals surface area contributed by atoms with E-state index >= 15 is 0 Å². The van der Waals surface area contributed by atoms with E-state index in [4.69, 9.17) is 14.2 Å². The van der Waals surface area contributed by atoms with Gasteiger partial charge in [0.2, 0.25) is 0 Å². The van der Waals surface area contributed by atoms with Crippen molar-refractivity contribution in [2.75, 3.05) is 13.2 Å². The van der Waals surface area contributed by atoms with Gasteiger partial charge in [0.25, 0.3) is 0 Å². The van der Waals surface area contributed by atoms with Crippen LogP contribution in [0.1, 0.15) is 187 Å². The number of allylic oxidation sites excluding steroid dienone is 2. The predicted octanol–water partition coefficient (Wildman–Crippen LogP) is 9.17. The lowest BCUT2D eigenvalue weighted by atomic mass is 9.87. The van der Waals surface area contributed by atoms with E-state index in [-0.39, 0.29) is 31.3 Å². The van der Waals surface area contributed by atoms with Gasteiger partial charge >= 0.3 is 11.9 Å². The zero-order valence-electron chi connectivity index (χ0n) is 33.1. The van der Waals surface area contributed by atoms with Gasteiger partial charge in [-0.15, -0.1) is 0 Å². The minimum atomic E-state index is -1.05. The molecule has 6 atom stereocenters. The molecule has 9 heteroatoms. The van der Waals surface area contributed by atoms with Gasteiger partial charge in [0.05, 0.1) is 24.9 Å². The van der Waals surface area contributed by atoms with Gasteiger partial charge < -0.3 is 34.6 Å². The van der Waals surface area contributed by atoms with Crippen LogP contribution in [0.15, 0.2) is 24.3 Å². The van der Waals surface area contributed by atoms with E-state index in [0.29, 0.717) is 32.1 Å². The summed E-state index contributed by atoms with van der Waals surface area (Å²) in [6.07, 6.45) is 31.5. The lowest BCUT2D eigenvalue weighted by Gasteiger charge is -2.36. The van der Waals surface area contributed by atoms with Crippen molar-refractivity contribution >= 4 is 11.9 Å². The second kappa shape index (κ2) is 33.8. The Hall–Kier alpha value is -1.78. The van der Waals surface area contributed by atoms with Crippen molar-refractivity contribution in [3.63, 3.8) is 0 Å². The molecule has 0 spiro atoms. The summed E-state index contributed by atoms with van der Waals surface area (Å²) < 4.78 is 16.2. The van der Waals surface area contributed by atoms with E-state index < -0.39 is 43.3 Å². The Morgan fingerprint density at radius 1 is 0.731 bits per heavy atom. The van der Waals surface area contributed by atoms with Crippen LogP contribution in [0.3, 0.4) is 0 Å². The summed E-state index contributed by atoms with van der Waals surface area (Å²) >= 11 is 0. The van der Waals surface area contributed by atoms with Crippen molar-refractivity contribution in [3.8, 4) is 0 Å². The quantitative estimate of drug-likeness (QED) is 0.0289. The van der Waals surface area contributed by atoms with Crippen LogP contribution in [0.25, 0.3) is 0 Å². The average molecular weight is 739 g/mol. The normalized spacial score (nSPS) is 20.4. The Morgan fingerprint density at radius 2 is 1.27 bits per heavy atom. The van der Waals surface area contributed by atoms with Gasteiger partial charge in [0.1, 0.15) is 6.61 Å². The van der Waals surface area contributed by atoms with Crippen LogP contribution in [0, 0.1) is 5.92 Å². The highest BCUT2D eigenvalue weighted by atomic mass is 16.6. The summed E-state index contributed by atoms with van der Waals surface area (Å²) in [6.45, 7) is 3.82. The number of carbonyl (C=O) groups is 2. The van der Waals surface area contributed by atoms with E-state index in [1.165, 1.54) is 89.9 Å². The summed E-state index contributed by atoms with van der Waals surface area (Å²) in [4.78, 5) is 24.5. The molecule has 1 unspecified atom stereocenters. The first-order valence-electron chi connectivity index (χ1n) is 21.3. The lowest BCUT2D eigenvalue weighted by Crippen LogP contribution is -2.43. The van der Waals surface area contributed by atoms with Gasteiger partial charge in [0, 0.05) is 25.2 Å². The number of carbonyl (C=O) groups excluding carboxylic acids is 2. The first-order chi connectivity index (χ1) is 25.3. The zero-order valence-corrected chi connectivity index (χ0v) is 33.1. The predicted molar refractivity (Wildman–Crippen MR) is 209 cm³/mol. The number of aliphatic hydroxyl groups excluding tert-OH is 4. The van der Waals surface area contributed by atoms with E-state index in [1.54, 1.807) is 12.2 Å². The van der Waals surface area contributed by atoms with E-state index in [1.807, 2.05) is 12.2 Å². The highest BCUT2D eigenvalue weighted by Crippen LogP contribution is 2.29. The average Bonchev–Trinajstić information content (AvgIpc) is 3.12. The van der Waals surface area contributed by atoms with Crippen LogP contribution in [-0.2, 0) is 23.8 Å². The van der Waals surface area contributed by atoms with Crippen molar-refractivity contribution in [2.24, 2.45) is 5.92 Å². The van der Waals surface area contributed by atoms with Crippen molar-refractivity contribution in [1.82, 2.24) is 0 Å². The van der Waals surface area contributed by atoms with Crippen molar-refractivity contribution in [1.29, 1.82) is 0 Å². The molecule has 9 nitrogen and oxygen atoms in total. The second-order valence-corrected chi connectivity index (χ2v) is 15.0. The fourth-order valence-corrected chi connectivity index (χ4v) is 6.71. The number of rotatable bonds is 34. The summed E-state index contributed by atoms with van der Waals surface area (Å²) in [7, 11) is 0. The Balaban J connectivity index is 2.11. The molecule has 0 aromatic rings. The number of hydrogen-bond donors (Lipinski definition) is 4. The molecular formula is C43H78O9. The Kier molecular flexibility index (Phi) is 31.3. The first-order valence-corrected chi connectivity index (χ1v) is 21.3. The molecule has 0 radical (unpaired) electrons. The maximum absolute atomic E-state index is 12.3. The van der Waals surface area contributed by atoms with Crippen LogP contribution < -0.4 is 0 Å². The monoisotopic (exact) mass is 739 g/mol. The Labute approximate surface area is 317 Å². The smallest absolute Gasteiger partial charge is 0.306 e. The van der Waals surface area contributed by atoms with Crippen molar-refractivity contribution in [3.05, 3.63) is 24.3 Å². The molecule has 0 aromatic carbocycles. The molecule has 0 aliphatic carbocycles. The maximum Gasteiger partial charge on any atom is 0.306 e. The van der Waals surface area contributed by atoms with Gasteiger partial charge in [-0.2, -0.15) is 0 Å². The van der Waals surface area contributed by atoms with Gasteiger partial charge in [-0.1, -0.05) is 160 Å². The molecule has 0 saturated carbocycles. The SMILES string of the molecule is CCCCCCCCCCCCCCCCCCCC(=O)OC[C@H](CO)OC(=O)CCC/C=C\C[C@H]1[C@@H](O)CC(O)O[C@@H]1/C=C/[C@@H](O)CCCCC. The Bertz CT molecular complexity index is 907. The van der Waals surface area contributed by atoms with Crippen LogP contribution in [0.4, 0.5) is 0 Å². The number of aliphatic hydroxyl groups is 4. The zero-order chi connectivity index (χ0) is 38.1. The van der Waals surface area contributed by atoms with Gasteiger partial charge in [0.15, 0.2) is 12.4 Å². The largest absolute Gasteiger partial charge is 0.462 e. The van der Waals surface area contributed by atoms with E-state index in [2.05, 4.69) is 13.8 Å². The van der Waals surface area contributed by atoms with Crippen LogP contribution in [0.2, 0.25) is 0 Å². The maximum atomic E-state index is 12.3. The second-order valence-electron chi connectivity index (χ2n) is 15.0. The molecule has 1 fully saturated rings. The molecule has 1 saturated heterocycles. The van der Waals surface area contributed by atoms with Crippen molar-refractivity contribution < 1.29 is 44.2 Å². The highest BCUT2D eigenvalue weighted by molar-refractivity contribution is 5.70. The minimum absolute atomic E-state index is 0.134. The van der Waals surface area contributed by atoms with Crippen LogP contribution in [0.5, 0.6) is 0 Å². The van der Waals surface area contributed by atoms with E-state index in [9.17, 15) is 30.0 Å². The summed E-state index contributed by atoms with van der Waals surface area (Å²) in [5.74, 6) is -1.04. The molecule has 1 aliphatic heterocycles. The lowest BCUT2D eigenvalue weighted by molar-refractivity contribution is -0.199. The molecular weight excluding hydrogens is 660 g/mol. The summed E-state index contributed by atoms with van der Waals surface area (Å²) in [6, 6.07) is 0. The Morgan fingerprint density at radius 3 is 1.85 bits per heavy atom. The molecule has 0 bridgehead atoms. The standard InChI is InChI=1S/C43H78O9/c1-3-5-7-8-9-10-11-12-13-14-15-16-17-18-19-20-25-29-41(47)50-35-37(34-44)51-42(48)30-26-22-21-24-28-38-39(46)33-43(49)52-40(38)32-31-36(45)27-23-6-4-2/h21,24,31-32,36-40,43-46,49H,3-20,22-23,25-30,33-35H2,1-2H3/b24-21-,32-31+/t36-,37-,38-,39-,40+,43?/m0/s1. The third-order valence-electron chi connectivity index (χ3n) is 10.0. The highest BCUT2D eigenvalue weighted by Gasteiger charge is 2.35. The molecule has 1 rings (SSSR count). The number of unbranched alkanes of at least 4 members (excludes halogenated alkanes) is 19. The number of esters is 2.